The molecule has 1 aromatic carbocycles. The highest BCUT2D eigenvalue weighted by molar-refractivity contribution is 6.37. The highest BCUT2D eigenvalue weighted by Crippen LogP contribution is 2.32. The average Bonchev–Trinajstić information content (AvgIpc) is 2.82. The predicted molar refractivity (Wildman–Crippen MR) is 92.5 cm³/mol. The molecule has 2 aromatic rings. The first kappa shape index (κ1) is 18.4. The Morgan fingerprint density at radius 2 is 1.79 bits per heavy atom. The Kier molecular flexibility index (Phi) is 5.91. The zero-order valence-electron chi connectivity index (χ0n) is 13.5. The smallest absolute Gasteiger partial charge is 0.355 e. The molecule has 0 aliphatic rings. The van der Waals surface area contributed by atoms with E-state index in [0.29, 0.717) is 26.9 Å². The molecule has 0 spiro atoms. The molecule has 1 aromatic heterocycles. The monoisotopic (exact) mass is 369 g/mol. The minimum absolute atomic E-state index is 0.245. The minimum Gasteiger partial charge on any atom is -0.482 e. The molecule has 0 amide bonds. The topological polar surface area (TPSA) is 68.4 Å². The molecule has 0 saturated heterocycles. The molecule has 0 aliphatic carbocycles. The van der Waals surface area contributed by atoms with Gasteiger partial charge in [0, 0.05) is 11.3 Å². The summed E-state index contributed by atoms with van der Waals surface area (Å²) < 4.78 is 10.4. The van der Waals surface area contributed by atoms with Crippen molar-refractivity contribution in [3.8, 4) is 5.75 Å². The Bertz CT molecular complexity index is 763. The number of nitrogens with one attached hydrogen (secondary N) is 1. The van der Waals surface area contributed by atoms with E-state index < -0.39 is 5.97 Å². The summed E-state index contributed by atoms with van der Waals surface area (Å²) in [4.78, 5) is 27.3. The van der Waals surface area contributed by atoms with Crippen LogP contribution in [0, 0.1) is 13.8 Å². The lowest BCUT2D eigenvalue weighted by Gasteiger charge is -2.09. The highest BCUT2D eigenvalue weighted by Gasteiger charge is 2.23. The number of Topliss-reactive ketones (excluding diaryl/α,β-unsaturated/α-hetero) is 1. The highest BCUT2D eigenvalue weighted by atomic mass is 35.5. The number of esters is 1. The number of aromatic amines is 1. The quantitative estimate of drug-likeness (QED) is 0.605. The third-order valence-corrected chi connectivity index (χ3v) is 4.06. The molecule has 0 atom stereocenters. The van der Waals surface area contributed by atoms with Gasteiger partial charge in [-0.1, -0.05) is 29.3 Å². The summed E-state index contributed by atoms with van der Waals surface area (Å²) in [5.74, 6) is -0.523. The molecule has 7 heteroatoms. The Labute approximate surface area is 149 Å². The van der Waals surface area contributed by atoms with Gasteiger partial charge in [-0.2, -0.15) is 0 Å². The molecule has 0 radical (unpaired) electrons. The summed E-state index contributed by atoms with van der Waals surface area (Å²) in [6, 6.07) is 4.93. The molecular weight excluding hydrogens is 353 g/mol. The third kappa shape index (κ3) is 3.74. The number of para-hydroxylation sites is 1. The van der Waals surface area contributed by atoms with E-state index in [4.69, 9.17) is 32.7 Å². The summed E-state index contributed by atoms with van der Waals surface area (Å²) in [7, 11) is 0. The van der Waals surface area contributed by atoms with Crippen LogP contribution < -0.4 is 4.74 Å². The Morgan fingerprint density at radius 1 is 1.17 bits per heavy atom. The van der Waals surface area contributed by atoms with Crippen LogP contribution >= 0.6 is 23.2 Å². The van der Waals surface area contributed by atoms with Crippen LogP contribution in [-0.2, 0) is 4.74 Å². The van der Waals surface area contributed by atoms with Crippen LogP contribution in [0.1, 0.15) is 39.0 Å². The summed E-state index contributed by atoms with van der Waals surface area (Å²) >= 11 is 12.0. The van der Waals surface area contributed by atoms with Crippen LogP contribution in [-0.4, -0.2) is 30.0 Å². The second-order valence-corrected chi connectivity index (χ2v) is 5.92. The SMILES string of the molecule is CCOC(=O)c1[nH]c(C)c(C(=O)COc2c(Cl)cccc2Cl)c1C. The van der Waals surface area contributed by atoms with Gasteiger partial charge in [-0.05, 0) is 38.5 Å². The van der Waals surface area contributed by atoms with Gasteiger partial charge in [0.15, 0.2) is 12.4 Å². The normalized spacial score (nSPS) is 10.5. The zero-order valence-corrected chi connectivity index (χ0v) is 15.0. The van der Waals surface area contributed by atoms with Crippen LogP contribution in [0.5, 0.6) is 5.75 Å². The number of H-pyrrole nitrogens is 1. The first-order valence-electron chi connectivity index (χ1n) is 7.33. The zero-order chi connectivity index (χ0) is 17.9. The molecule has 0 unspecified atom stereocenters. The van der Waals surface area contributed by atoms with E-state index in [1.54, 1.807) is 39.0 Å². The second kappa shape index (κ2) is 7.73. The lowest BCUT2D eigenvalue weighted by molar-refractivity contribution is 0.0519. The van der Waals surface area contributed by atoms with Gasteiger partial charge >= 0.3 is 5.97 Å². The van der Waals surface area contributed by atoms with E-state index in [1.165, 1.54) is 0 Å². The van der Waals surface area contributed by atoms with Crippen LogP contribution in [0.25, 0.3) is 0 Å². The number of ketones is 1. The standard InChI is InChI=1S/C17H17Cl2NO4/c1-4-23-17(22)15-9(2)14(10(3)20-15)13(21)8-24-16-11(18)6-5-7-12(16)19/h5-7,20H,4,8H2,1-3H3. The van der Waals surface area contributed by atoms with Crippen molar-refractivity contribution in [2.75, 3.05) is 13.2 Å². The fourth-order valence-electron chi connectivity index (χ4n) is 2.41. The van der Waals surface area contributed by atoms with Gasteiger partial charge in [-0.3, -0.25) is 4.79 Å². The van der Waals surface area contributed by atoms with E-state index in [9.17, 15) is 9.59 Å². The molecule has 0 fully saturated rings. The van der Waals surface area contributed by atoms with Gasteiger partial charge in [0.25, 0.3) is 0 Å². The van der Waals surface area contributed by atoms with Crippen molar-refractivity contribution in [1.82, 2.24) is 4.98 Å². The number of rotatable bonds is 6. The molecule has 1 N–H and O–H groups in total. The number of carbonyl (C=O) groups is 2. The maximum atomic E-state index is 12.5. The van der Waals surface area contributed by atoms with Crippen molar-refractivity contribution in [3.05, 3.63) is 50.8 Å². The van der Waals surface area contributed by atoms with E-state index in [0.717, 1.165) is 0 Å². The molecule has 5 nitrogen and oxygen atoms in total. The molecule has 0 bridgehead atoms. The summed E-state index contributed by atoms with van der Waals surface area (Å²) in [5.41, 5.74) is 1.79. The minimum atomic E-state index is -0.493. The van der Waals surface area contributed by atoms with Crippen LogP contribution in [0.2, 0.25) is 10.0 Å². The third-order valence-electron chi connectivity index (χ3n) is 3.46. The number of aryl methyl sites for hydroxylation is 1. The molecule has 1 heterocycles. The van der Waals surface area contributed by atoms with Gasteiger partial charge < -0.3 is 14.5 Å². The first-order valence-corrected chi connectivity index (χ1v) is 8.08. The second-order valence-electron chi connectivity index (χ2n) is 5.11. The van der Waals surface area contributed by atoms with E-state index >= 15 is 0 Å². The number of hydrogen-bond acceptors (Lipinski definition) is 4. The Balaban J connectivity index is 2.20. The van der Waals surface area contributed by atoms with E-state index in [1.807, 2.05) is 0 Å². The lowest BCUT2D eigenvalue weighted by Crippen LogP contribution is -2.14. The summed E-state index contributed by atoms with van der Waals surface area (Å²) in [6.07, 6.45) is 0. The fraction of sp³-hybridized carbons (Fsp3) is 0.294. The van der Waals surface area contributed by atoms with Crippen molar-refractivity contribution in [1.29, 1.82) is 0 Å². The molecule has 24 heavy (non-hydrogen) atoms. The number of ether oxygens (including phenoxy) is 2. The lowest BCUT2D eigenvalue weighted by atomic mass is 10.1. The molecule has 2 rings (SSSR count). The van der Waals surface area contributed by atoms with Gasteiger partial charge in [0.1, 0.15) is 5.69 Å². The fourth-order valence-corrected chi connectivity index (χ4v) is 2.91. The van der Waals surface area contributed by atoms with Crippen LogP contribution in [0.15, 0.2) is 18.2 Å². The first-order chi connectivity index (χ1) is 11.4. The largest absolute Gasteiger partial charge is 0.482 e. The van der Waals surface area contributed by atoms with Crippen molar-refractivity contribution >= 4 is 35.0 Å². The van der Waals surface area contributed by atoms with Gasteiger partial charge in [0.05, 0.1) is 16.7 Å². The van der Waals surface area contributed by atoms with Crippen molar-refractivity contribution in [2.24, 2.45) is 0 Å². The van der Waals surface area contributed by atoms with Crippen LogP contribution in [0.4, 0.5) is 0 Å². The van der Waals surface area contributed by atoms with Crippen LogP contribution in [0.3, 0.4) is 0 Å². The number of aromatic nitrogens is 1. The van der Waals surface area contributed by atoms with Gasteiger partial charge in [-0.15, -0.1) is 0 Å². The number of halogens is 2. The molecule has 128 valence electrons. The maximum absolute atomic E-state index is 12.5. The number of hydrogen-bond donors (Lipinski definition) is 1. The molecule has 0 saturated carbocycles. The Hall–Kier alpha value is -1.98. The Morgan fingerprint density at radius 3 is 2.38 bits per heavy atom. The van der Waals surface area contributed by atoms with Crippen molar-refractivity contribution < 1.29 is 19.1 Å². The number of benzene rings is 1. The summed E-state index contributed by atoms with van der Waals surface area (Å²) in [5, 5.41) is 0.648. The number of carbonyl (C=O) groups excluding carboxylic acids is 2. The predicted octanol–water partition coefficient (Wildman–Crippen LogP) is 4.38. The van der Waals surface area contributed by atoms with Gasteiger partial charge in [-0.25, -0.2) is 4.79 Å². The molecule has 0 aliphatic heterocycles. The van der Waals surface area contributed by atoms with E-state index in [-0.39, 0.29) is 30.4 Å². The molecular formula is C17H17Cl2NO4. The maximum Gasteiger partial charge on any atom is 0.355 e. The summed E-state index contributed by atoms with van der Waals surface area (Å²) in [6.45, 7) is 5.13. The van der Waals surface area contributed by atoms with E-state index in [2.05, 4.69) is 4.98 Å². The van der Waals surface area contributed by atoms with Gasteiger partial charge in [0.2, 0.25) is 5.78 Å². The average molecular weight is 370 g/mol. The van der Waals surface area contributed by atoms with Crippen molar-refractivity contribution in [2.45, 2.75) is 20.8 Å². The van der Waals surface area contributed by atoms with Crippen molar-refractivity contribution in [3.63, 3.8) is 0 Å².